The Bertz CT molecular complexity index is 833. The van der Waals surface area contributed by atoms with Gasteiger partial charge >= 0.3 is 6.03 Å². The summed E-state index contributed by atoms with van der Waals surface area (Å²) >= 11 is 1.25. The molecule has 2 fully saturated rings. The molecule has 0 atom stereocenters. The maximum Gasteiger partial charge on any atom is 0.321 e. The third-order valence-corrected chi connectivity index (χ3v) is 5.35. The van der Waals surface area contributed by atoms with E-state index in [-0.39, 0.29) is 17.7 Å². The number of rotatable bonds is 6. The molecule has 1 aliphatic heterocycles. The zero-order valence-electron chi connectivity index (χ0n) is 15.3. The van der Waals surface area contributed by atoms with Crippen molar-refractivity contribution in [1.82, 2.24) is 25.4 Å². The summed E-state index contributed by atoms with van der Waals surface area (Å²) in [4.78, 5) is 25.9. The Hall–Kier alpha value is -2.59. The van der Waals surface area contributed by atoms with Crippen molar-refractivity contribution < 1.29 is 14.3 Å². The number of amides is 3. The molecule has 1 aromatic carbocycles. The van der Waals surface area contributed by atoms with Crippen LogP contribution in [0.25, 0.3) is 5.69 Å². The Morgan fingerprint density at radius 2 is 1.89 bits per heavy atom. The number of nitrogens with zero attached hydrogens (tertiary/aromatic N) is 4. The molecule has 148 valence electrons. The van der Waals surface area contributed by atoms with Crippen molar-refractivity contribution in [1.29, 1.82) is 0 Å². The Kier molecular flexibility index (Phi) is 5.77. The Morgan fingerprint density at radius 3 is 2.61 bits per heavy atom. The maximum atomic E-state index is 12.1. The van der Waals surface area contributed by atoms with Crippen molar-refractivity contribution >= 4 is 29.6 Å². The van der Waals surface area contributed by atoms with E-state index in [1.807, 2.05) is 34.9 Å². The van der Waals surface area contributed by atoms with Crippen LogP contribution in [0.2, 0.25) is 0 Å². The summed E-state index contributed by atoms with van der Waals surface area (Å²) in [7, 11) is 0. The van der Waals surface area contributed by atoms with Crippen LogP contribution < -0.4 is 15.5 Å². The van der Waals surface area contributed by atoms with Gasteiger partial charge in [0.05, 0.1) is 24.7 Å². The first-order valence-electron chi connectivity index (χ1n) is 9.27. The average molecular weight is 402 g/mol. The number of carbonyl (C=O) groups is 2. The number of para-hydroxylation sites is 1. The van der Waals surface area contributed by atoms with Gasteiger partial charge in [-0.25, -0.2) is 4.79 Å². The molecule has 3 amide bonds. The van der Waals surface area contributed by atoms with Gasteiger partial charge in [0.25, 0.3) is 0 Å². The molecule has 2 aromatic rings. The lowest BCUT2D eigenvalue weighted by atomic mass is 10.3. The SMILES string of the molecule is O=C(CSc1nnc(N2CCOCC2)n1-c1ccccc1)NC(=O)NC1CC1. The highest BCUT2D eigenvalue weighted by atomic mass is 32.2. The van der Waals surface area contributed by atoms with E-state index >= 15 is 0 Å². The number of nitrogens with one attached hydrogen (secondary N) is 2. The summed E-state index contributed by atoms with van der Waals surface area (Å²) in [6.45, 7) is 2.75. The largest absolute Gasteiger partial charge is 0.378 e. The van der Waals surface area contributed by atoms with Gasteiger partial charge in [0.2, 0.25) is 11.9 Å². The van der Waals surface area contributed by atoms with Crippen molar-refractivity contribution in [2.45, 2.75) is 24.0 Å². The van der Waals surface area contributed by atoms with Gasteiger partial charge in [0, 0.05) is 19.1 Å². The second-order valence-electron chi connectivity index (χ2n) is 6.64. The number of hydrogen-bond acceptors (Lipinski definition) is 7. The summed E-state index contributed by atoms with van der Waals surface area (Å²) in [5, 5.41) is 14.3. The number of ether oxygens (including phenoxy) is 1. The molecule has 1 aliphatic carbocycles. The smallest absolute Gasteiger partial charge is 0.321 e. The molecule has 1 saturated carbocycles. The molecule has 10 heteroatoms. The molecule has 4 rings (SSSR count). The number of anilines is 1. The third-order valence-electron chi connectivity index (χ3n) is 4.42. The van der Waals surface area contributed by atoms with Gasteiger partial charge in [-0.15, -0.1) is 10.2 Å². The van der Waals surface area contributed by atoms with Crippen LogP contribution in [0.5, 0.6) is 0 Å². The highest BCUT2D eigenvalue weighted by Gasteiger charge is 2.25. The fourth-order valence-corrected chi connectivity index (χ4v) is 3.62. The van der Waals surface area contributed by atoms with Crippen molar-refractivity contribution in [2.24, 2.45) is 0 Å². The third kappa shape index (κ3) is 4.63. The fraction of sp³-hybridized carbons (Fsp3) is 0.444. The summed E-state index contributed by atoms with van der Waals surface area (Å²) in [6, 6.07) is 9.55. The van der Waals surface area contributed by atoms with Crippen LogP contribution in [0.1, 0.15) is 12.8 Å². The lowest BCUT2D eigenvalue weighted by molar-refractivity contribution is -0.117. The molecule has 1 saturated heterocycles. The van der Waals surface area contributed by atoms with Crippen LogP contribution in [0.15, 0.2) is 35.5 Å². The number of imide groups is 1. The Balaban J connectivity index is 1.47. The van der Waals surface area contributed by atoms with Gasteiger partial charge in [-0.3, -0.25) is 14.7 Å². The molecule has 0 bridgehead atoms. The Labute approximate surface area is 166 Å². The van der Waals surface area contributed by atoms with E-state index in [0.717, 1.165) is 37.6 Å². The number of morpholine rings is 1. The lowest BCUT2D eigenvalue weighted by Crippen LogP contribution is -2.41. The number of carbonyl (C=O) groups excluding carboxylic acids is 2. The van der Waals surface area contributed by atoms with E-state index in [4.69, 9.17) is 4.74 Å². The number of aromatic nitrogens is 3. The van der Waals surface area contributed by atoms with E-state index in [2.05, 4.69) is 25.7 Å². The molecular formula is C18H22N6O3S. The second kappa shape index (κ2) is 8.61. The number of urea groups is 1. The lowest BCUT2D eigenvalue weighted by Gasteiger charge is -2.27. The average Bonchev–Trinajstić information content (AvgIpc) is 3.42. The van der Waals surface area contributed by atoms with E-state index in [1.165, 1.54) is 11.8 Å². The minimum Gasteiger partial charge on any atom is -0.378 e. The van der Waals surface area contributed by atoms with Crippen LogP contribution >= 0.6 is 11.8 Å². The summed E-state index contributed by atoms with van der Waals surface area (Å²) in [5.41, 5.74) is 0.920. The number of hydrogen-bond donors (Lipinski definition) is 2. The zero-order chi connectivity index (χ0) is 19.3. The molecule has 0 radical (unpaired) electrons. The van der Waals surface area contributed by atoms with Gasteiger partial charge in [0.15, 0.2) is 5.16 Å². The van der Waals surface area contributed by atoms with Crippen LogP contribution in [0.4, 0.5) is 10.7 Å². The Morgan fingerprint density at radius 1 is 1.14 bits per heavy atom. The van der Waals surface area contributed by atoms with Gasteiger partial charge in [0.1, 0.15) is 0 Å². The molecule has 1 aromatic heterocycles. The molecule has 0 unspecified atom stereocenters. The van der Waals surface area contributed by atoms with E-state index in [1.54, 1.807) is 0 Å². The minimum absolute atomic E-state index is 0.0756. The highest BCUT2D eigenvalue weighted by molar-refractivity contribution is 7.99. The van der Waals surface area contributed by atoms with Gasteiger partial charge in [-0.2, -0.15) is 0 Å². The zero-order valence-corrected chi connectivity index (χ0v) is 16.2. The quantitative estimate of drug-likeness (QED) is 0.700. The summed E-state index contributed by atoms with van der Waals surface area (Å²) in [5.74, 6) is 0.439. The minimum atomic E-state index is -0.438. The van der Waals surface area contributed by atoms with Gasteiger partial charge in [-0.05, 0) is 25.0 Å². The van der Waals surface area contributed by atoms with Crippen LogP contribution in [0, 0.1) is 0 Å². The molecule has 2 aliphatic rings. The van der Waals surface area contributed by atoms with E-state index < -0.39 is 6.03 Å². The molecular weight excluding hydrogens is 380 g/mol. The summed E-state index contributed by atoms with van der Waals surface area (Å²) in [6.07, 6.45) is 1.95. The van der Waals surface area contributed by atoms with Crippen LogP contribution in [0.3, 0.4) is 0 Å². The molecule has 28 heavy (non-hydrogen) atoms. The van der Waals surface area contributed by atoms with Crippen molar-refractivity contribution in [2.75, 3.05) is 37.0 Å². The molecule has 9 nitrogen and oxygen atoms in total. The van der Waals surface area contributed by atoms with E-state index in [0.29, 0.717) is 18.4 Å². The van der Waals surface area contributed by atoms with Crippen molar-refractivity contribution in [3.8, 4) is 5.69 Å². The second-order valence-corrected chi connectivity index (χ2v) is 7.58. The number of benzene rings is 1. The standard InChI is InChI=1S/C18H22N6O3S/c25-15(20-16(26)19-13-6-7-13)12-28-18-22-21-17(23-8-10-27-11-9-23)24(18)14-4-2-1-3-5-14/h1-5,13H,6-12H2,(H2,19,20,25,26). The predicted octanol–water partition coefficient (Wildman–Crippen LogP) is 1.18. The van der Waals surface area contributed by atoms with Crippen LogP contribution in [-0.4, -0.2) is 64.8 Å². The fourth-order valence-electron chi connectivity index (χ4n) is 2.87. The monoisotopic (exact) mass is 402 g/mol. The first kappa shape index (κ1) is 18.8. The van der Waals surface area contributed by atoms with Gasteiger partial charge < -0.3 is 15.0 Å². The molecule has 2 N–H and O–H groups in total. The van der Waals surface area contributed by atoms with Crippen LogP contribution in [-0.2, 0) is 9.53 Å². The predicted molar refractivity (Wildman–Crippen MR) is 105 cm³/mol. The number of thioether (sulfide) groups is 1. The first-order valence-corrected chi connectivity index (χ1v) is 10.3. The first-order chi connectivity index (χ1) is 13.7. The van der Waals surface area contributed by atoms with Crippen molar-refractivity contribution in [3.05, 3.63) is 30.3 Å². The maximum absolute atomic E-state index is 12.1. The van der Waals surface area contributed by atoms with Gasteiger partial charge in [-0.1, -0.05) is 30.0 Å². The van der Waals surface area contributed by atoms with Crippen molar-refractivity contribution in [3.63, 3.8) is 0 Å². The molecule has 2 heterocycles. The summed E-state index contributed by atoms with van der Waals surface area (Å²) < 4.78 is 7.36. The normalized spacial score (nSPS) is 16.6. The molecule has 0 spiro atoms. The highest BCUT2D eigenvalue weighted by Crippen LogP contribution is 2.27. The van der Waals surface area contributed by atoms with E-state index in [9.17, 15) is 9.59 Å². The topological polar surface area (TPSA) is 101 Å².